The molecule has 1 heterocycles. The van der Waals surface area contributed by atoms with Gasteiger partial charge in [0.1, 0.15) is 6.54 Å². The Morgan fingerprint density at radius 3 is 2.39 bits per heavy atom. The number of anilines is 1. The predicted octanol–water partition coefficient (Wildman–Crippen LogP) is 3.25. The summed E-state index contributed by atoms with van der Waals surface area (Å²) in [4.78, 5) is 51.1. The third-order valence-electron chi connectivity index (χ3n) is 4.50. The number of nitrogens with one attached hydrogen (secondary N) is 1. The number of halogens is 1. The molecular formula is C20H18BrN3O4. The largest absolute Gasteiger partial charge is 0.335 e. The third-order valence-corrected chi connectivity index (χ3v) is 5.39. The fraction of sp³-hybridized carbons (Fsp3) is 0.200. The van der Waals surface area contributed by atoms with Crippen LogP contribution < -0.4 is 5.32 Å². The maximum absolute atomic E-state index is 12.7. The van der Waals surface area contributed by atoms with E-state index in [4.69, 9.17) is 0 Å². The average Bonchev–Trinajstić information content (AvgIpc) is 2.88. The monoisotopic (exact) mass is 443 g/mol. The first-order valence-electron chi connectivity index (χ1n) is 8.59. The zero-order chi connectivity index (χ0) is 20.4. The SMILES string of the molecule is Cc1cc(NC(=O)CN2C(=O)C(=O)N(C(C)c3ccccc3)C2=O)ccc1Br. The molecule has 1 saturated heterocycles. The summed E-state index contributed by atoms with van der Waals surface area (Å²) in [7, 11) is 0. The van der Waals surface area contributed by atoms with Crippen molar-refractivity contribution in [1.82, 2.24) is 9.80 Å². The van der Waals surface area contributed by atoms with Gasteiger partial charge in [-0.15, -0.1) is 0 Å². The van der Waals surface area contributed by atoms with Crippen molar-refractivity contribution < 1.29 is 19.2 Å². The van der Waals surface area contributed by atoms with Crippen LogP contribution in [0.2, 0.25) is 0 Å². The van der Waals surface area contributed by atoms with E-state index < -0.39 is 36.3 Å². The smallest absolute Gasteiger partial charge is 0.325 e. The van der Waals surface area contributed by atoms with Crippen molar-refractivity contribution in [2.24, 2.45) is 0 Å². The summed E-state index contributed by atoms with van der Waals surface area (Å²) in [5.74, 6) is -2.51. The highest BCUT2D eigenvalue weighted by atomic mass is 79.9. The topological polar surface area (TPSA) is 86.8 Å². The Labute approximate surface area is 170 Å². The molecule has 28 heavy (non-hydrogen) atoms. The number of rotatable bonds is 5. The highest BCUT2D eigenvalue weighted by Gasteiger charge is 2.47. The van der Waals surface area contributed by atoms with Crippen molar-refractivity contribution in [3.8, 4) is 0 Å². The van der Waals surface area contributed by atoms with Gasteiger partial charge in [0.15, 0.2) is 0 Å². The highest BCUT2D eigenvalue weighted by molar-refractivity contribution is 9.10. The number of imide groups is 2. The summed E-state index contributed by atoms with van der Waals surface area (Å²) < 4.78 is 0.895. The van der Waals surface area contributed by atoms with Gasteiger partial charge in [-0.2, -0.15) is 0 Å². The lowest BCUT2D eigenvalue weighted by Gasteiger charge is -2.22. The molecule has 8 heteroatoms. The summed E-state index contributed by atoms with van der Waals surface area (Å²) in [6, 6.07) is 12.7. The third kappa shape index (κ3) is 3.82. The summed E-state index contributed by atoms with van der Waals surface area (Å²) >= 11 is 3.37. The second-order valence-electron chi connectivity index (χ2n) is 6.45. The predicted molar refractivity (Wildman–Crippen MR) is 106 cm³/mol. The Bertz CT molecular complexity index is 961. The summed E-state index contributed by atoms with van der Waals surface area (Å²) in [6.07, 6.45) is 0. The van der Waals surface area contributed by atoms with Crippen LogP contribution in [0.1, 0.15) is 24.1 Å². The molecule has 3 rings (SSSR count). The molecule has 2 aromatic rings. The lowest BCUT2D eigenvalue weighted by molar-refractivity contribution is -0.144. The Morgan fingerprint density at radius 2 is 1.75 bits per heavy atom. The summed E-state index contributed by atoms with van der Waals surface area (Å²) in [6.45, 7) is 3.00. The average molecular weight is 444 g/mol. The normalized spacial score (nSPS) is 15.2. The van der Waals surface area contributed by atoms with Crippen LogP contribution in [0.3, 0.4) is 0 Å². The fourth-order valence-electron chi connectivity index (χ4n) is 2.95. The van der Waals surface area contributed by atoms with Gasteiger partial charge in [-0.25, -0.2) is 14.6 Å². The van der Waals surface area contributed by atoms with Crippen molar-refractivity contribution in [2.45, 2.75) is 19.9 Å². The van der Waals surface area contributed by atoms with Crippen LogP contribution in [0.25, 0.3) is 0 Å². The van der Waals surface area contributed by atoms with Crippen LogP contribution in [0, 0.1) is 6.92 Å². The van der Waals surface area contributed by atoms with Crippen LogP contribution in [0.5, 0.6) is 0 Å². The second kappa shape index (κ2) is 7.93. The van der Waals surface area contributed by atoms with Gasteiger partial charge in [-0.1, -0.05) is 46.3 Å². The molecular weight excluding hydrogens is 426 g/mol. The minimum atomic E-state index is -1.00. The van der Waals surface area contributed by atoms with Gasteiger partial charge in [0, 0.05) is 10.2 Å². The fourth-order valence-corrected chi connectivity index (χ4v) is 3.20. The van der Waals surface area contributed by atoms with Gasteiger partial charge in [0.05, 0.1) is 6.04 Å². The van der Waals surface area contributed by atoms with Crippen LogP contribution in [-0.2, 0) is 14.4 Å². The number of carbonyl (C=O) groups is 4. The van der Waals surface area contributed by atoms with Crippen molar-refractivity contribution in [3.05, 3.63) is 64.1 Å². The molecule has 0 saturated carbocycles. The van der Waals surface area contributed by atoms with Gasteiger partial charge in [-0.3, -0.25) is 14.4 Å². The zero-order valence-electron chi connectivity index (χ0n) is 15.3. The minimum absolute atomic E-state index is 0.531. The van der Waals surface area contributed by atoms with Crippen molar-refractivity contribution in [2.75, 3.05) is 11.9 Å². The van der Waals surface area contributed by atoms with Crippen LogP contribution >= 0.6 is 15.9 Å². The molecule has 0 bridgehead atoms. The molecule has 1 N–H and O–H groups in total. The summed E-state index contributed by atoms with van der Waals surface area (Å²) in [5.41, 5.74) is 2.17. The molecule has 0 aromatic heterocycles. The van der Waals surface area contributed by atoms with E-state index in [2.05, 4.69) is 21.2 Å². The standard InChI is InChI=1S/C20H18BrN3O4/c1-12-10-15(8-9-16(12)21)22-17(25)11-23-18(26)19(27)24(20(23)28)13(2)14-6-4-3-5-7-14/h3-10,13H,11H2,1-2H3,(H,22,25). The Balaban J connectivity index is 1.73. The molecule has 1 aliphatic rings. The maximum atomic E-state index is 12.7. The first-order chi connectivity index (χ1) is 13.3. The van der Waals surface area contributed by atoms with E-state index in [9.17, 15) is 19.2 Å². The van der Waals surface area contributed by atoms with E-state index in [-0.39, 0.29) is 0 Å². The summed E-state index contributed by atoms with van der Waals surface area (Å²) in [5, 5.41) is 2.63. The molecule has 0 radical (unpaired) electrons. The Hall–Kier alpha value is -3.00. The number of urea groups is 1. The number of aryl methyl sites for hydroxylation is 1. The molecule has 1 unspecified atom stereocenters. The van der Waals surface area contributed by atoms with Gasteiger partial charge in [-0.05, 0) is 43.2 Å². The molecule has 1 aliphatic heterocycles. The molecule has 144 valence electrons. The minimum Gasteiger partial charge on any atom is -0.325 e. The maximum Gasteiger partial charge on any atom is 0.335 e. The van der Waals surface area contributed by atoms with Gasteiger partial charge in [0.25, 0.3) is 0 Å². The molecule has 5 amide bonds. The number of hydrogen-bond donors (Lipinski definition) is 1. The Kier molecular flexibility index (Phi) is 5.60. The number of carbonyl (C=O) groups excluding carboxylic acids is 4. The number of benzene rings is 2. The lowest BCUT2D eigenvalue weighted by atomic mass is 10.1. The number of hydrogen-bond acceptors (Lipinski definition) is 4. The molecule has 1 fully saturated rings. The lowest BCUT2D eigenvalue weighted by Crippen LogP contribution is -2.39. The van der Waals surface area contributed by atoms with E-state index in [1.165, 1.54) is 0 Å². The Morgan fingerprint density at radius 1 is 1.07 bits per heavy atom. The highest BCUT2D eigenvalue weighted by Crippen LogP contribution is 2.26. The first-order valence-corrected chi connectivity index (χ1v) is 9.39. The number of nitrogens with zero attached hydrogens (tertiary/aromatic N) is 2. The van der Waals surface area contributed by atoms with E-state index in [0.717, 1.165) is 14.9 Å². The van der Waals surface area contributed by atoms with Gasteiger partial charge >= 0.3 is 17.8 Å². The second-order valence-corrected chi connectivity index (χ2v) is 7.30. The van der Waals surface area contributed by atoms with Crippen LogP contribution in [0.4, 0.5) is 10.5 Å². The first kappa shape index (κ1) is 19.8. The van der Waals surface area contributed by atoms with Crippen molar-refractivity contribution in [3.63, 3.8) is 0 Å². The van der Waals surface area contributed by atoms with Crippen molar-refractivity contribution >= 4 is 45.4 Å². The van der Waals surface area contributed by atoms with Crippen molar-refractivity contribution in [1.29, 1.82) is 0 Å². The molecule has 0 aliphatic carbocycles. The van der Waals surface area contributed by atoms with E-state index in [0.29, 0.717) is 16.2 Å². The molecule has 1 atom stereocenters. The molecule has 7 nitrogen and oxygen atoms in total. The quantitative estimate of drug-likeness (QED) is 0.567. The number of amides is 5. The van der Waals surface area contributed by atoms with Gasteiger partial charge < -0.3 is 5.32 Å². The zero-order valence-corrected chi connectivity index (χ0v) is 16.9. The van der Waals surface area contributed by atoms with E-state index in [1.807, 2.05) is 13.0 Å². The molecule has 0 spiro atoms. The van der Waals surface area contributed by atoms with Crippen LogP contribution in [0.15, 0.2) is 53.0 Å². The molecule has 2 aromatic carbocycles. The van der Waals surface area contributed by atoms with E-state index in [1.54, 1.807) is 49.4 Å². The van der Waals surface area contributed by atoms with Gasteiger partial charge in [0.2, 0.25) is 5.91 Å². The van der Waals surface area contributed by atoms with E-state index >= 15 is 0 Å². The van der Waals surface area contributed by atoms with Crippen LogP contribution in [-0.4, -0.2) is 40.1 Å².